The number of halogens is 1. The van der Waals surface area contributed by atoms with Gasteiger partial charge in [-0.15, -0.1) is 0 Å². The third-order valence-electron chi connectivity index (χ3n) is 6.00. The normalized spacial score (nSPS) is 14.2. The Morgan fingerprint density at radius 3 is 2.26 bits per heavy atom. The minimum absolute atomic E-state index is 0.000232. The van der Waals surface area contributed by atoms with Crippen molar-refractivity contribution in [1.82, 2.24) is 9.47 Å². The number of piperazine rings is 1. The van der Waals surface area contributed by atoms with E-state index in [9.17, 15) is 9.18 Å². The van der Waals surface area contributed by atoms with Crippen molar-refractivity contribution in [3.63, 3.8) is 0 Å². The summed E-state index contributed by atoms with van der Waals surface area (Å²) in [6.07, 6.45) is 0. The highest BCUT2D eigenvalue weighted by molar-refractivity contribution is 5.99. The average Bonchev–Trinajstić information content (AvgIpc) is 3.19. The van der Waals surface area contributed by atoms with Gasteiger partial charge in [0, 0.05) is 48.3 Å². The van der Waals surface area contributed by atoms with E-state index in [2.05, 4.69) is 17.0 Å². The Labute approximate surface area is 181 Å². The van der Waals surface area contributed by atoms with E-state index < -0.39 is 0 Å². The number of carbonyl (C=O) groups excluding carboxylic acids is 1. The highest BCUT2D eigenvalue weighted by Crippen LogP contribution is 2.24. The van der Waals surface area contributed by atoms with Crippen LogP contribution in [-0.4, -0.2) is 41.6 Å². The molecular weight excluding hydrogens is 389 g/mol. The molecule has 1 aromatic heterocycles. The molecule has 0 atom stereocenters. The van der Waals surface area contributed by atoms with Gasteiger partial charge in [0.2, 0.25) is 0 Å². The molecule has 1 aliphatic rings. The predicted octanol–water partition coefficient (Wildman–Crippen LogP) is 4.79. The number of benzene rings is 3. The lowest BCUT2D eigenvalue weighted by Crippen LogP contribution is -2.49. The number of aromatic nitrogens is 1. The fourth-order valence-corrected chi connectivity index (χ4v) is 4.32. The lowest BCUT2D eigenvalue weighted by molar-refractivity contribution is 0.0737. The molecule has 0 bridgehead atoms. The van der Waals surface area contributed by atoms with E-state index in [0.29, 0.717) is 30.9 Å². The zero-order chi connectivity index (χ0) is 21.2. The number of nitrogens with zero attached hydrogens (tertiary/aromatic N) is 3. The molecule has 0 unspecified atom stereocenters. The first-order chi connectivity index (χ1) is 15.2. The molecule has 2 heterocycles. The third-order valence-corrected chi connectivity index (χ3v) is 6.00. The maximum absolute atomic E-state index is 14.4. The van der Waals surface area contributed by atoms with E-state index in [1.165, 1.54) is 11.8 Å². The number of carbonyl (C=O) groups is 1. The molecule has 1 amide bonds. The number of amides is 1. The van der Waals surface area contributed by atoms with Gasteiger partial charge in [0.05, 0.1) is 6.54 Å². The lowest BCUT2D eigenvalue weighted by Gasteiger charge is -2.36. The fraction of sp³-hybridized carbons (Fsp3) is 0.192. The van der Waals surface area contributed by atoms with Gasteiger partial charge in [-0.05, 0) is 30.3 Å². The Morgan fingerprint density at radius 2 is 1.48 bits per heavy atom. The number of hydrogen-bond acceptors (Lipinski definition) is 2. The van der Waals surface area contributed by atoms with Crippen molar-refractivity contribution in [3.05, 3.63) is 102 Å². The monoisotopic (exact) mass is 413 g/mol. The Bertz CT molecular complexity index is 1210. The van der Waals surface area contributed by atoms with E-state index in [0.717, 1.165) is 24.0 Å². The molecule has 0 aliphatic carbocycles. The van der Waals surface area contributed by atoms with Crippen LogP contribution in [0.3, 0.4) is 0 Å². The second-order valence-electron chi connectivity index (χ2n) is 7.88. The number of rotatable bonds is 4. The molecule has 0 N–H and O–H groups in total. The first-order valence-corrected chi connectivity index (χ1v) is 10.6. The fourth-order valence-electron chi connectivity index (χ4n) is 4.32. The largest absolute Gasteiger partial charge is 0.368 e. The van der Waals surface area contributed by atoms with E-state index >= 15 is 0 Å². The first kappa shape index (κ1) is 19.4. The summed E-state index contributed by atoms with van der Waals surface area (Å²) in [5.74, 6) is -0.254. The quantitative estimate of drug-likeness (QED) is 0.481. The van der Waals surface area contributed by atoms with Gasteiger partial charge in [-0.2, -0.15) is 0 Å². The minimum Gasteiger partial charge on any atom is -0.368 e. The Hall–Kier alpha value is -3.60. The molecule has 0 saturated carbocycles. The van der Waals surface area contributed by atoms with Crippen molar-refractivity contribution in [2.45, 2.75) is 6.54 Å². The highest BCUT2D eigenvalue weighted by Gasteiger charge is 2.25. The molecule has 1 saturated heterocycles. The number of hydrogen-bond donors (Lipinski definition) is 0. The highest BCUT2D eigenvalue weighted by atomic mass is 19.1. The van der Waals surface area contributed by atoms with E-state index in [1.54, 1.807) is 12.1 Å². The summed E-state index contributed by atoms with van der Waals surface area (Å²) < 4.78 is 16.3. The molecule has 4 nitrogen and oxygen atoms in total. The molecule has 156 valence electrons. The Kier molecular flexibility index (Phi) is 5.16. The van der Waals surface area contributed by atoms with Crippen molar-refractivity contribution in [2.24, 2.45) is 0 Å². The summed E-state index contributed by atoms with van der Waals surface area (Å²) in [4.78, 5) is 17.7. The summed E-state index contributed by atoms with van der Waals surface area (Å²) in [6.45, 7) is 3.24. The van der Waals surface area contributed by atoms with Gasteiger partial charge < -0.3 is 14.4 Å². The molecule has 3 aromatic carbocycles. The smallest absolute Gasteiger partial charge is 0.270 e. The summed E-state index contributed by atoms with van der Waals surface area (Å²) in [5, 5.41) is 0.991. The van der Waals surface area contributed by atoms with E-state index in [1.807, 2.05) is 64.1 Å². The average molecular weight is 413 g/mol. The van der Waals surface area contributed by atoms with Crippen LogP contribution in [0.1, 0.15) is 16.1 Å². The van der Waals surface area contributed by atoms with Gasteiger partial charge in [0.25, 0.3) is 5.91 Å². The van der Waals surface area contributed by atoms with E-state index in [-0.39, 0.29) is 11.7 Å². The lowest BCUT2D eigenvalue weighted by atomic mass is 10.2. The van der Waals surface area contributed by atoms with Crippen molar-refractivity contribution < 1.29 is 9.18 Å². The molecule has 0 radical (unpaired) electrons. The van der Waals surface area contributed by atoms with Gasteiger partial charge >= 0.3 is 0 Å². The van der Waals surface area contributed by atoms with Crippen LogP contribution >= 0.6 is 0 Å². The summed E-state index contributed by atoms with van der Waals surface area (Å²) in [5.41, 5.74) is 3.31. The Morgan fingerprint density at radius 1 is 0.806 bits per heavy atom. The SMILES string of the molecule is O=C(c1cc2ccccc2n1Cc1ccccc1F)N1CCN(c2ccccc2)CC1. The molecule has 5 rings (SSSR count). The molecule has 1 fully saturated rings. The van der Waals surface area contributed by atoms with Gasteiger partial charge in [0.15, 0.2) is 0 Å². The van der Waals surface area contributed by atoms with Crippen LogP contribution in [0.15, 0.2) is 84.9 Å². The maximum Gasteiger partial charge on any atom is 0.270 e. The number of anilines is 1. The van der Waals surface area contributed by atoms with Crippen LogP contribution in [0, 0.1) is 5.82 Å². The number of fused-ring (bicyclic) bond motifs is 1. The second kappa shape index (κ2) is 8.26. The van der Waals surface area contributed by atoms with E-state index in [4.69, 9.17) is 0 Å². The standard InChI is InChI=1S/C26H24FN3O/c27-23-12-6-4-9-21(23)19-30-24-13-7-5-8-20(24)18-25(30)26(31)29-16-14-28(15-17-29)22-10-2-1-3-11-22/h1-13,18H,14-17,19H2. The molecule has 4 aromatic rings. The molecule has 31 heavy (non-hydrogen) atoms. The minimum atomic E-state index is -0.254. The third kappa shape index (κ3) is 3.79. The molecule has 1 aliphatic heterocycles. The number of para-hydroxylation sites is 2. The second-order valence-corrected chi connectivity index (χ2v) is 7.88. The maximum atomic E-state index is 14.4. The zero-order valence-electron chi connectivity index (χ0n) is 17.2. The predicted molar refractivity (Wildman–Crippen MR) is 122 cm³/mol. The van der Waals surface area contributed by atoms with Gasteiger partial charge in [-0.1, -0.05) is 54.6 Å². The van der Waals surface area contributed by atoms with Gasteiger partial charge in [-0.25, -0.2) is 4.39 Å². The van der Waals surface area contributed by atoms with Crippen LogP contribution in [0.5, 0.6) is 0 Å². The van der Waals surface area contributed by atoms with Crippen LogP contribution in [0.25, 0.3) is 10.9 Å². The summed E-state index contributed by atoms with van der Waals surface area (Å²) >= 11 is 0. The first-order valence-electron chi connectivity index (χ1n) is 10.6. The molecular formula is C26H24FN3O. The molecule has 0 spiro atoms. The van der Waals surface area contributed by atoms with Crippen molar-refractivity contribution in [1.29, 1.82) is 0 Å². The van der Waals surface area contributed by atoms with Crippen LogP contribution in [0.2, 0.25) is 0 Å². The molecule has 5 heteroatoms. The van der Waals surface area contributed by atoms with Crippen LogP contribution in [-0.2, 0) is 6.54 Å². The summed E-state index contributed by atoms with van der Waals surface area (Å²) in [7, 11) is 0. The zero-order valence-corrected chi connectivity index (χ0v) is 17.2. The van der Waals surface area contributed by atoms with Crippen molar-refractivity contribution >= 4 is 22.5 Å². The van der Waals surface area contributed by atoms with Crippen molar-refractivity contribution in [3.8, 4) is 0 Å². The Balaban J connectivity index is 1.42. The van der Waals surface area contributed by atoms with Gasteiger partial charge in [0.1, 0.15) is 11.5 Å². The van der Waals surface area contributed by atoms with Crippen LogP contribution in [0.4, 0.5) is 10.1 Å². The van der Waals surface area contributed by atoms with Crippen LogP contribution < -0.4 is 4.90 Å². The summed E-state index contributed by atoms with van der Waals surface area (Å²) in [6, 6.07) is 26.9. The topological polar surface area (TPSA) is 28.5 Å². The van der Waals surface area contributed by atoms with Gasteiger partial charge in [-0.3, -0.25) is 4.79 Å². The van der Waals surface area contributed by atoms with Crippen molar-refractivity contribution in [2.75, 3.05) is 31.1 Å².